The molecule has 4 rings (SSSR count). The molecule has 2 aliphatic rings. The van der Waals surface area contributed by atoms with Gasteiger partial charge in [-0.15, -0.1) is 6.58 Å². The predicted molar refractivity (Wildman–Crippen MR) is 130 cm³/mol. The first-order chi connectivity index (χ1) is 16.1. The lowest BCUT2D eigenvalue weighted by atomic mass is 9.90. The standard InChI is InChI=1S/C24H26BrN3O5S/c1-3-16-13-27(14-17-7-4-5-10-26-17)23(29)22-9-6-8-21(16)28(22)34(32,33)18-11-19(24(30)31)15(2)20(25)12-18/h3-5,7,10-12,16,21-22H,1,6,8-9,13-14H2,2H3,(H,30,31)/t16-,21-,22+/m1/s1. The Morgan fingerprint density at radius 1 is 1.32 bits per heavy atom. The Morgan fingerprint density at radius 3 is 2.74 bits per heavy atom. The first-order valence-corrected chi connectivity index (χ1v) is 13.3. The van der Waals surface area contributed by atoms with E-state index in [1.165, 1.54) is 16.4 Å². The molecule has 180 valence electrons. The third-order valence-corrected chi connectivity index (χ3v) is 9.37. The van der Waals surface area contributed by atoms with Crippen molar-refractivity contribution in [1.29, 1.82) is 0 Å². The fourth-order valence-electron chi connectivity index (χ4n) is 4.87. The lowest BCUT2D eigenvalue weighted by molar-refractivity contribution is -0.135. The molecule has 10 heteroatoms. The number of benzene rings is 1. The summed E-state index contributed by atoms with van der Waals surface area (Å²) in [6, 6.07) is 6.75. The van der Waals surface area contributed by atoms with E-state index in [4.69, 9.17) is 0 Å². The van der Waals surface area contributed by atoms with Crippen LogP contribution in [0.25, 0.3) is 0 Å². The molecule has 34 heavy (non-hydrogen) atoms. The summed E-state index contributed by atoms with van der Waals surface area (Å²) in [7, 11) is -4.18. The molecule has 1 amide bonds. The summed E-state index contributed by atoms with van der Waals surface area (Å²) in [5, 5.41) is 9.58. The predicted octanol–water partition coefficient (Wildman–Crippen LogP) is 3.61. The first kappa shape index (κ1) is 24.6. The van der Waals surface area contributed by atoms with Crippen LogP contribution in [0, 0.1) is 12.8 Å². The largest absolute Gasteiger partial charge is 0.478 e. The molecule has 0 radical (unpaired) electrons. The number of carboxylic acids is 1. The van der Waals surface area contributed by atoms with E-state index >= 15 is 0 Å². The van der Waals surface area contributed by atoms with Gasteiger partial charge < -0.3 is 10.0 Å². The van der Waals surface area contributed by atoms with Gasteiger partial charge in [-0.25, -0.2) is 13.2 Å². The SMILES string of the molecule is C=C[C@@H]1CN(Cc2ccccn2)C(=O)[C@@H]2CCC[C@H]1N2S(=O)(=O)c1cc(Br)c(C)c(C(=O)O)c1. The third-order valence-electron chi connectivity index (χ3n) is 6.64. The van der Waals surface area contributed by atoms with Crippen molar-refractivity contribution in [3.8, 4) is 0 Å². The molecule has 1 N–H and O–H groups in total. The summed E-state index contributed by atoms with van der Waals surface area (Å²) >= 11 is 3.30. The second kappa shape index (κ2) is 9.59. The number of nitrogens with zero attached hydrogens (tertiary/aromatic N) is 3. The summed E-state index contributed by atoms with van der Waals surface area (Å²) in [6.07, 6.45) is 5.08. The minimum Gasteiger partial charge on any atom is -0.478 e. The Morgan fingerprint density at radius 2 is 2.09 bits per heavy atom. The van der Waals surface area contributed by atoms with E-state index in [2.05, 4.69) is 27.5 Å². The molecule has 2 aromatic rings. The summed E-state index contributed by atoms with van der Waals surface area (Å²) in [4.78, 5) is 31.2. The Kier molecular flexibility index (Phi) is 6.93. The normalized spacial score (nSPS) is 23.4. The summed E-state index contributed by atoms with van der Waals surface area (Å²) in [6.45, 7) is 6.16. The van der Waals surface area contributed by atoms with Gasteiger partial charge in [0.2, 0.25) is 15.9 Å². The van der Waals surface area contributed by atoms with Crippen molar-refractivity contribution in [2.45, 2.75) is 49.7 Å². The molecule has 0 aliphatic carbocycles. The van der Waals surface area contributed by atoms with Crippen LogP contribution in [0.2, 0.25) is 0 Å². The van der Waals surface area contributed by atoms with Crippen LogP contribution in [0.15, 0.2) is 58.6 Å². The molecule has 0 spiro atoms. The summed E-state index contributed by atoms with van der Waals surface area (Å²) < 4.78 is 29.6. The van der Waals surface area contributed by atoms with E-state index in [-0.39, 0.29) is 28.8 Å². The van der Waals surface area contributed by atoms with Crippen molar-refractivity contribution in [2.24, 2.45) is 5.92 Å². The van der Waals surface area contributed by atoms with E-state index in [1.807, 2.05) is 12.1 Å². The van der Waals surface area contributed by atoms with Crippen molar-refractivity contribution >= 4 is 37.8 Å². The number of piperidine rings is 1. The van der Waals surface area contributed by atoms with Gasteiger partial charge in [0.1, 0.15) is 6.04 Å². The Bertz CT molecular complexity index is 1230. The van der Waals surface area contributed by atoms with E-state index in [1.54, 1.807) is 30.2 Å². The maximum Gasteiger partial charge on any atom is 0.336 e. The fourth-order valence-corrected chi connectivity index (χ4v) is 7.41. The van der Waals surface area contributed by atoms with Gasteiger partial charge in [0.05, 0.1) is 22.7 Å². The molecule has 2 bridgehead atoms. The lowest BCUT2D eigenvalue weighted by Crippen LogP contribution is -2.54. The van der Waals surface area contributed by atoms with Gasteiger partial charge >= 0.3 is 5.97 Å². The maximum absolute atomic E-state index is 14.0. The lowest BCUT2D eigenvalue weighted by Gasteiger charge is -2.40. The molecule has 2 fully saturated rings. The van der Waals surface area contributed by atoms with Crippen molar-refractivity contribution in [1.82, 2.24) is 14.2 Å². The smallest absolute Gasteiger partial charge is 0.336 e. The average molecular weight is 548 g/mol. The van der Waals surface area contributed by atoms with Crippen LogP contribution in [0.3, 0.4) is 0 Å². The number of carboxylic acid groups (broad SMARTS) is 1. The third kappa shape index (κ3) is 4.42. The molecule has 2 aliphatic heterocycles. The van der Waals surface area contributed by atoms with Crippen LogP contribution in [0.1, 0.15) is 40.9 Å². The van der Waals surface area contributed by atoms with E-state index < -0.39 is 28.1 Å². The zero-order chi connectivity index (χ0) is 24.6. The zero-order valence-electron chi connectivity index (χ0n) is 18.7. The van der Waals surface area contributed by atoms with Gasteiger partial charge in [-0.1, -0.05) is 28.1 Å². The molecule has 3 heterocycles. The zero-order valence-corrected chi connectivity index (χ0v) is 21.1. The highest BCUT2D eigenvalue weighted by Gasteiger charge is 2.49. The van der Waals surface area contributed by atoms with E-state index in [9.17, 15) is 23.1 Å². The van der Waals surface area contributed by atoms with Crippen molar-refractivity contribution < 1.29 is 23.1 Å². The van der Waals surface area contributed by atoms with Crippen LogP contribution >= 0.6 is 15.9 Å². The highest BCUT2D eigenvalue weighted by Crippen LogP contribution is 2.38. The number of halogens is 1. The Hall–Kier alpha value is -2.56. The van der Waals surface area contributed by atoms with Crippen LogP contribution in [-0.4, -0.2) is 58.2 Å². The minimum absolute atomic E-state index is 0.101. The van der Waals surface area contributed by atoms with Crippen molar-refractivity contribution in [2.75, 3.05) is 6.54 Å². The number of fused-ring (bicyclic) bond motifs is 2. The molecule has 2 saturated heterocycles. The quantitative estimate of drug-likeness (QED) is 0.553. The number of aromatic carboxylic acids is 1. The first-order valence-electron chi connectivity index (χ1n) is 11.0. The second-order valence-corrected chi connectivity index (χ2v) is 11.4. The van der Waals surface area contributed by atoms with Gasteiger partial charge in [0.25, 0.3) is 0 Å². The van der Waals surface area contributed by atoms with E-state index in [0.717, 1.165) is 5.69 Å². The van der Waals surface area contributed by atoms with Crippen LogP contribution in [0.5, 0.6) is 0 Å². The van der Waals surface area contributed by atoms with Gasteiger partial charge in [0, 0.05) is 29.2 Å². The monoisotopic (exact) mass is 547 g/mol. The van der Waals surface area contributed by atoms with Gasteiger partial charge in [-0.2, -0.15) is 4.31 Å². The molecule has 1 aromatic carbocycles. The van der Waals surface area contributed by atoms with Crippen molar-refractivity contribution in [3.05, 3.63) is 70.5 Å². The molecular formula is C24H26BrN3O5S. The summed E-state index contributed by atoms with van der Waals surface area (Å²) in [5.41, 5.74) is 1.05. The number of carbonyl (C=O) groups excluding carboxylic acids is 1. The minimum atomic E-state index is -4.18. The highest BCUT2D eigenvalue weighted by molar-refractivity contribution is 9.10. The number of aromatic nitrogens is 1. The average Bonchev–Trinajstić information content (AvgIpc) is 2.88. The molecule has 3 atom stereocenters. The number of hydrogen-bond acceptors (Lipinski definition) is 5. The maximum atomic E-state index is 14.0. The number of carbonyl (C=O) groups is 2. The van der Waals surface area contributed by atoms with Crippen LogP contribution in [-0.2, 0) is 21.4 Å². The molecule has 0 saturated carbocycles. The second-order valence-electron chi connectivity index (χ2n) is 8.67. The van der Waals surface area contributed by atoms with Crippen molar-refractivity contribution in [3.63, 3.8) is 0 Å². The number of hydrogen-bond donors (Lipinski definition) is 1. The molecule has 0 unspecified atom stereocenters. The Labute approximate surface area is 207 Å². The topological polar surface area (TPSA) is 108 Å². The molecule has 8 nitrogen and oxygen atoms in total. The number of amides is 1. The van der Waals surface area contributed by atoms with Gasteiger partial charge in [-0.05, 0) is 56.0 Å². The number of pyridine rings is 1. The number of sulfonamides is 1. The van der Waals surface area contributed by atoms with Crippen LogP contribution in [0.4, 0.5) is 0 Å². The molecular weight excluding hydrogens is 522 g/mol. The fraction of sp³-hybridized carbons (Fsp3) is 0.375. The molecule has 1 aromatic heterocycles. The number of rotatable bonds is 6. The van der Waals surface area contributed by atoms with Gasteiger partial charge in [0.15, 0.2) is 0 Å². The van der Waals surface area contributed by atoms with Gasteiger partial charge in [-0.3, -0.25) is 9.78 Å². The highest BCUT2D eigenvalue weighted by atomic mass is 79.9. The van der Waals surface area contributed by atoms with E-state index in [0.29, 0.717) is 35.8 Å². The summed E-state index contributed by atoms with van der Waals surface area (Å²) in [5.74, 6) is -1.76. The Balaban J connectivity index is 1.79. The van der Waals surface area contributed by atoms with Crippen LogP contribution < -0.4 is 0 Å².